The van der Waals surface area contributed by atoms with Crippen LogP contribution in [0.5, 0.6) is 17.2 Å². The van der Waals surface area contributed by atoms with E-state index in [0.29, 0.717) is 48.5 Å². The molecule has 0 bridgehead atoms. The predicted molar refractivity (Wildman–Crippen MR) is 116 cm³/mol. The summed E-state index contributed by atoms with van der Waals surface area (Å²) in [7, 11) is 4.78. The molecule has 0 saturated heterocycles. The Morgan fingerprint density at radius 3 is 2.52 bits per heavy atom. The van der Waals surface area contributed by atoms with Crippen LogP contribution < -0.4 is 19.5 Å². The summed E-state index contributed by atoms with van der Waals surface area (Å²) in [5, 5.41) is 2.86. The standard InChI is InChI=1S/C23H26N2O6/c1-27-12-13-30-20-14-17(6-9-19(20)29-3)25-22(26)10-11-23-24-15-21(31-23)16-4-7-18(28-2)8-5-16/h4-9,14-15H,10-13H2,1-3H3,(H,25,26). The number of nitrogens with one attached hydrogen (secondary N) is 1. The van der Waals surface area contributed by atoms with Crippen molar-refractivity contribution < 1.29 is 28.2 Å². The van der Waals surface area contributed by atoms with E-state index in [2.05, 4.69) is 10.3 Å². The molecule has 0 unspecified atom stereocenters. The van der Waals surface area contributed by atoms with Gasteiger partial charge in [0.2, 0.25) is 5.91 Å². The monoisotopic (exact) mass is 426 g/mol. The first-order chi connectivity index (χ1) is 15.1. The highest BCUT2D eigenvalue weighted by atomic mass is 16.5. The number of aromatic nitrogens is 1. The number of anilines is 1. The second kappa shape index (κ2) is 11.0. The van der Waals surface area contributed by atoms with Crippen molar-refractivity contribution >= 4 is 11.6 Å². The van der Waals surface area contributed by atoms with Crippen LogP contribution in [0.15, 0.2) is 53.1 Å². The van der Waals surface area contributed by atoms with Gasteiger partial charge in [-0.05, 0) is 36.4 Å². The van der Waals surface area contributed by atoms with Crippen LogP contribution in [0.3, 0.4) is 0 Å². The number of ether oxygens (including phenoxy) is 4. The van der Waals surface area contributed by atoms with Crippen molar-refractivity contribution in [1.29, 1.82) is 0 Å². The maximum absolute atomic E-state index is 12.4. The fourth-order valence-electron chi connectivity index (χ4n) is 2.86. The summed E-state index contributed by atoms with van der Waals surface area (Å²) < 4.78 is 26.8. The van der Waals surface area contributed by atoms with Gasteiger partial charge in [0.15, 0.2) is 23.1 Å². The van der Waals surface area contributed by atoms with Gasteiger partial charge in [0.25, 0.3) is 0 Å². The second-order valence-corrected chi connectivity index (χ2v) is 6.60. The number of benzene rings is 2. The zero-order valence-corrected chi connectivity index (χ0v) is 17.8. The van der Waals surface area contributed by atoms with E-state index in [-0.39, 0.29) is 12.3 Å². The van der Waals surface area contributed by atoms with E-state index in [4.69, 9.17) is 23.4 Å². The van der Waals surface area contributed by atoms with Crippen LogP contribution in [0, 0.1) is 0 Å². The summed E-state index contributed by atoms with van der Waals surface area (Å²) in [5.41, 5.74) is 1.51. The number of carbonyl (C=O) groups is 1. The Kier molecular flexibility index (Phi) is 7.89. The number of carbonyl (C=O) groups excluding carboxylic acids is 1. The second-order valence-electron chi connectivity index (χ2n) is 6.60. The van der Waals surface area contributed by atoms with Crippen LogP contribution in [0.4, 0.5) is 5.69 Å². The zero-order chi connectivity index (χ0) is 22.1. The van der Waals surface area contributed by atoms with Crippen LogP contribution in [0.2, 0.25) is 0 Å². The average molecular weight is 426 g/mol. The lowest BCUT2D eigenvalue weighted by Gasteiger charge is -2.12. The molecule has 0 aliphatic rings. The van der Waals surface area contributed by atoms with Gasteiger partial charge < -0.3 is 28.7 Å². The molecular formula is C23H26N2O6. The number of hydrogen-bond acceptors (Lipinski definition) is 7. The molecule has 1 N–H and O–H groups in total. The van der Waals surface area contributed by atoms with E-state index in [1.54, 1.807) is 45.7 Å². The molecular weight excluding hydrogens is 400 g/mol. The first-order valence-corrected chi connectivity index (χ1v) is 9.81. The maximum atomic E-state index is 12.4. The minimum absolute atomic E-state index is 0.155. The Hall–Kier alpha value is -3.52. The summed E-state index contributed by atoms with van der Waals surface area (Å²) in [6, 6.07) is 12.7. The number of nitrogens with zero attached hydrogens (tertiary/aromatic N) is 1. The molecule has 0 saturated carbocycles. The molecule has 164 valence electrons. The minimum atomic E-state index is -0.155. The largest absolute Gasteiger partial charge is 0.497 e. The fraction of sp³-hybridized carbons (Fsp3) is 0.304. The Balaban J connectivity index is 1.55. The van der Waals surface area contributed by atoms with E-state index in [1.165, 1.54) is 0 Å². The summed E-state index contributed by atoms with van der Waals surface area (Å²) in [6.07, 6.45) is 2.27. The smallest absolute Gasteiger partial charge is 0.224 e. The van der Waals surface area contributed by atoms with Gasteiger partial charge in [-0.2, -0.15) is 0 Å². The maximum Gasteiger partial charge on any atom is 0.224 e. The summed E-state index contributed by atoms with van der Waals surface area (Å²) >= 11 is 0. The van der Waals surface area contributed by atoms with Gasteiger partial charge in [-0.25, -0.2) is 4.98 Å². The SMILES string of the molecule is COCCOc1cc(NC(=O)CCc2ncc(-c3ccc(OC)cc3)o2)ccc1OC. The van der Waals surface area contributed by atoms with E-state index in [9.17, 15) is 4.79 Å². The Bertz CT molecular complexity index is 984. The highest BCUT2D eigenvalue weighted by Crippen LogP contribution is 2.30. The fourth-order valence-corrected chi connectivity index (χ4v) is 2.86. The van der Waals surface area contributed by atoms with Gasteiger partial charge >= 0.3 is 0 Å². The first kappa shape index (κ1) is 22.2. The van der Waals surface area contributed by atoms with Crippen LogP contribution in [-0.4, -0.2) is 45.4 Å². The minimum Gasteiger partial charge on any atom is -0.497 e. The lowest BCUT2D eigenvalue weighted by atomic mass is 10.2. The van der Waals surface area contributed by atoms with E-state index < -0.39 is 0 Å². The quantitative estimate of drug-likeness (QED) is 0.464. The van der Waals surface area contributed by atoms with Crippen molar-refractivity contribution in [2.45, 2.75) is 12.8 Å². The number of methoxy groups -OCH3 is 3. The van der Waals surface area contributed by atoms with Gasteiger partial charge in [-0.15, -0.1) is 0 Å². The molecule has 1 aromatic heterocycles. The molecule has 2 aromatic carbocycles. The summed E-state index contributed by atoms with van der Waals surface area (Å²) in [5.74, 6) is 2.88. The van der Waals surface area contributed by atoms with Crippen LogP contribution >= 0.6 is 0 Å². The van der Waals surface area contributed by atoms with Crippen LogP contribution in [0.1, 0.15) is 12.3 Å². The predicted octanol–water partition coefficient (Wildman–Crippen LogP) is 3.96. The molecule has 8 nitrogen and oxygen atoms in total. The lowest BCUT2D eigenvalue weighted by Crippen LogP contribution is -2.13. The first-order valence-electron chi connectivity index (χ1n) is 9.81. The highest BCUT2D eigenvalue weighted by molar-refractivity contribution is 5.91. The van der Waals surface area contributed by atoms with Crippen molar-refractivity contribution in [3.05, 3.63) is 54.6 Å². The van der Waals surface area contributed by atoms with Crippen LogP contribution in [0.25, 0.3) is 11.3 Å². The van der Waals surface area contributed by atoms with Crippen molar-refractivity contribution in [2.24, 2.45) is 0 Å². The van der Waals surface area contributed by atoms with Crippen LogP contribution in [-0.2, 0) is 16.0 Å². The molecule has 3 aromatic rings. The van der Waals surface area contributed by atoms with Gasteiger partial charge in [-0.3, -0.25) is 4.79 Å². The topological polar surface area (TPSA) is 92.1 Å². The average Bonchev–Trinajstić information content (AvgIpc) is 3.27. The van der Waals surface area contributed by atoms with Gasteiger partial charge in [0, 0.05) is 37.3 Å². The molecule has 0 aliphatic heterocycles. The van der Waals surface area contributed by atoms with Gasteiger partial charge in [-0.1, -0.05) is 0 Å². The van der Waals surface area contributed by atoms with Gasteiger partial charge in [0.1, 0.15) is 12.4 Å². The highest BCUT2D eigenvalue weighted by Gasteiger charge is 2.11. The zero-order valence-electron chi connectivity index (χ0n) is 17.8. The molecule has 1 heterocycles. The molecule has 0 spiro atoms. The number of oxazole rings is 1. The molecule has 3 rings (SSSR count). The molecule has 8 heteroatoms. The van der Waals surface area contributed by atoms with Crippen molar-refractivity contribution in [1.82, 2.24) is 4.98 Å². The number of rotatable bonds is 11. The van der Waals surface area contributed by atoms with Crippen molar-refractivity contribution in [3.63, 3.8) is 0 Å². The molecule has 31 heavy (non-hydrogen) atoms. The normalized spacial score (nSPS) is 10.5. The Morgan fingerprint density at radius 1 is 1.00 bits per heavy atom. The Labute approximate surface area is 181 Å². The summed E-state index contributed by atoms with van der Waals surface area (Å²) in [4.78, 5) is 16.6. The van der Waals surface area contributed by atoms with Gasteiger partial charge in [0.05, 0.1) is 27.0 Å². The third kappa shape index (κ3) is 6.23. The third-order valence-corrected chi connectivity index (χ3v) is 4.49. The molecule has 0 fully saturated rings. The molecule has 0 atom stereocenters. The molecule has 1 amide bonds. The lowest BCUT2D eigenvalue weighted by molar-refractivity contribution is -0.116. The third-order valence-electron chi connectivity index (χ3n) is 4.49. The number of aryl methyl sites for hydroxylation is 1. The molecule has 0 radical (unpaired) electrons. The van der Waals surface area contributed by atoms with E-state index in [1.807, 2.05) is 24.3 Å². The number of amides is 1. The molecule has 0 aliphatic carbocycles. The number of hydrogen-bond donors (Lipinski definition) is 1. The van der Waals surface area contributed by atoms with Crippen molar-refractivity contribution in [3.8, 4) is 28.6 Å². The van der Waals surface area contributed by atoms with E-state index in [0.717, 1.165) is 11.3 Å². The Morgan fingerprint density at radius 2 is 1.81 bits per heavy atom. The van der Waals surface area contributed by atoms with Crippen molar-refractivity contribution in [2.75, 3.05) is 39.9 Å². The van der Waals surface area contributed by atoms with E-state index >= 15 is 0 Å². The summed E-state index contributed by atoms with van der Waals surface area (Å²) in [6.45, 7) is 0.833.